The maximum absolute atomic E-state index is 12.8. The van der Waals surface area contributed by atoms with Crippen LogP contribution in [-0.4, -0.2) is 49.0 Å². The Bertz CT molecular complexity index is 1010. The summed E-state index contributed by atoms with van der Waals surface area (Å²) in [6.07, 6.45) is 1.66. The number of carbonyl (C=O) groups excluding carboxylic acids is 3. The van der Waals surface area contributed by atoms with Crippen molar-refractivity contribution in [1.29, 1.82) is 0 Å². The van der Waals surface area contributed by atoms with Gasteiger partial charge in [-0.05, 0) is 55.2 Å². The fourth-order valence-corrected chi connectivity index (χ4v) is 3.85. The molecule has 7 heteroatoms. The maximum atomic E-state index is 12.8. The highest BCUT2D eigenvalue weighted by Gasteiger charge is 2.37. The molecule has 0 radical (unpaired) electrons. The molecular weight excluding hydrogens is 384 g/mol. The Hall–Kier alpha value is -3.19. The zero-order chi connectivity index (χ0) is 21.3. The van der Waals surface area contributed by atoms with Gasteiger partial charge >= 0.3 is 0 Å². The fraction of sp³-hybridized carbons (Fsp3) is 0.348. The Kier molecular flexibility index (Phi) is 5.55. The number of carbonyl (C=O) groups is 3. The second-order valence-corrected chi connectivity index (χ2v) is 7.60. The molecule has 1 N–H and O–H groups in total. The first-order chi connectivity index (χ1) is 14.5. The van der Waals surface area contributed by atoms with E-state index in [0.717, 1.165) is 29.7 Å². The minimum atomic E-state index is -0.372. The maximum Gasteiger partial charge on any atom is 0.261 e. The third kappa shape index (κ3) is 3.80. The molecule has 156 valence electrons. The van der Waals surface area contributed by atoms with Gasteiger partial charge in [-0.25, -0.2) is 0 Å². The Labute approximate surface area is 175 Å². The number of benzene rings is 2. The first kappa shape index (κ1) is 20.1. The minimum Gasteiger partial charge on any atom is -0.496 e. The largest absolute Gasteiger partial charge is 0.496 e. The molecule has 30 heavy (non-hydrogen) atoms. The number of rotatable bonds is 6. The third-order valence-electron chi connectivity index (χ3n) is 5.57. The van der Waals surface area contributed by atoms with Gasteiger partial charge in [0.05, 0.1) is 30.9 Å². The molecule has 1 atom stereocenters. The summed E-state index contributed by atoms with van der Waals surface area (Å²) >= 11 is 0. The summed E-state index contributed by atoms with van der Waals surface area (Å²) in [7, 11) is 1.61. The van der Waals surface area contributed by atoms with E-state index in [1.807, 2.05) is 25.1 Å². The van der Waals surface area contributed by atoms with Crippen LogP contribution in [0.1, 0.15) is 55.0 Å². The van der Waals surface area contributed by atoms with Crippen molar-refractivity contribution in [2.45, 2.75) is 32.4 Å². The number of imide groups is 1. The molecule has 3 amide bonds. The highest BCUT2D eigenvalue weighted by molar-refractivity contribution is 6.22. The molecule has 1 fully saturated rings. The molecule has 2 aliphatic heterocycles. The van der Waals surface area contributed by atoms with Crippen LogP contribution in [0, 0.1) is 6.92 Å². The number of amides is 3. The van der Waals surface area contributed by atoms with Crippen molar-refractivity contribution in [1.82, 2.24) is 10.2 Å². The first-order valence-corrected chi connectivity index (χ1v) is 10.0. The van der Waals surface area contributed by atoms with Crippen LogP contribution < -0.4 is 10.1 Å². The van der Waals surface area contributed by atoms with Crippen LogP contribution in [0.3, 0.4) is 0 Å². The summed E-state index contributed by atoms with van der Waals surface area (Å²) in [6.45, 7) is 3.19. The van der Waals surface area contributed by atoms with Gasteiger partial charge in [0.2, 0.25) is 0 Å². The molecule has 1 unspecified atom stereocenters. The summed E-state index contributed by atoms with van der Waals surface area (Å²) < 4.78 is 10.9. The van der Waals surface area contributed by atoms with Crippen LogP contribution in [0.2, 0.25) is 0 Å². The van der Waals surface area contributed by atoms with E-state index in [9.17, 15) is 14.4 Å². The van der Waals surface area contributed by atoms with Gasteiger partial charge in [-0.15, -0.1) is 0 Å². The van der Waals surface area contributed by atoms with Gasteiger partial charge in [-0.2, -0.15) is 0 Å². The normalized spacial score (nSPS) is 17.9. The van der Waals surface area contributed by atoms with Crippen molar-refractivity contribution < 1.29 is 23.9 Å². The van der Waals surface area contributed by atoms with Gasteiger partial charge in [0.1, 0.15) is 5.75 Å². The Balaban J connectivity index is 1.45. The summed E-state index contributed by atoms with van der Waals surface area (Å²) in [5.74, 6) is -0.252. The van der Waals surface area contributed by atoms with Crippen LogP contribution in [-0.2, 0) is 11.3 Å². The van der Waals surface area contributed by atoms with E-state index < -0.39 is 0 Å². The summed E-state index contributed by atoms with van der Waals surface area (Å²) in [6, 6.07) is 10.4. The van der Waals surface area contributed by atoms with Crippen molar-refractivity contribution in [3.8, 4) is 5.75 Å². The Morgan fingerprint density at radius 1 is 1.17 bits per heavy atom. The highest BCUT2D eigenvalue weighted by atomic mass is 16.5. The molecule has 0 saturated carbocycles. The van der Waals surface area contributed by atoms with Gasteiger partial charge in [-0.3, -0.25) is 19.3 Å². The number of methoxy groups -OCH3 is 1. The molecule has 2 aliphatic rings. The highest BCUT2D eigenvalue weighted by Crippen LogP contribution is 2.26. The van der Waals surface area contributed by atoms with E-state index in [1.165, 1.54) is 11.0 Å². The van der Waals surface area contributed by atoms with Gasteiger partial charge in [0, 0.05) is 18.7 Å². The van der Waals surface area contributed by atoms with Crippen LogP contribution in [0.5, 0.6) is 5.75 Å². The lowest BCUT2D eigenvalue weighted by atomic mass is 10.1. The quantitative estimate of drug-likeness (QED) is 0.743. The van der Waals surface area contributed by atoms with Crippen LogP contribution >= 0.6 is 0 Å². The molecular formula is C23H24N2O5. The molecule has 0 aromatic heterocycles. The number of hydrogen-bond acceptors (Lipinski definition) is 5. The standard InChI is InChI=1S/C23H24N2O5/c1-14-5-6-15(10-20(14)29-2)12-24-21(26)16-7-8-18-19(11-16)23(28)25(22(18)27)13-17-4-3-9-30-17/h5-8,10-11,17H,3-4,9,12-13H2,1-2H3,(H,24,26). The van der Waals surface area contributed by atoms with Crippen molar-refractivity contribution in [3.63, 3.8) is 0 Å². The monoisotopic (exact) mass is 408 g/mol. The molecule has 2 aromatic carbocycles. The molecule has 4 rings (SSSR count). The van der Waals surface area contributed by atoms with E-state index in [-0.39, 0.29) is 35.9 Å². The predicted molar refractivity (Wildman–Crippen MR) is 110 cm³/mol. The summed E-state index contributed by atoms with van der Waals surface area (Å²) in [5, 5.41) is 2.85. The second kappa shape index (κ2) is 8.28. The molecule has 1 saturated heterocycles. The van der Waals surface area contributed by atoms with Crippen molar-refractivity contribution >= 4 is 17.7 Å². The van der Waals surface area contributed by atoms with Crippen molar-refractivity contribution in [2.24, 2.45) is 0 Å². The number of hydrogen-bond donors (Lipinski definition) is 1. The molecule has 0 bridgehead atoms. The lowest BCUT2D eigenvalue weighted by molar-refractivity contribution is 0.0475. The lowest BCUT2D eigenvalue weighted by Gasteiger charge is -2.17. The summed E-state index contributed by atoms with van der Waals surface area (Å²) in [5.41, 5.74) is 2.86. The van der Waals surface area contributed by atoms with E-state index in [0.29, 0.717) is 24.3 Å². The van der Waals surface area contributed by atoms with Gasteiger partial charge < -0.3 is 14.8 Å². The van der Waals surface area contributed by atoms with E-state index in [1.54, 1.807) is 19.2 Å². The second-order valence-electron chi connectivity index (χ2n) is 7.60. The molecule has 2 heterocycles. The van der Waals surface area contributed by atoms with Crippen molar-refractivity contribution in [3.05, 3.63) is 64.2 Å². The average molecular weight is 408 g/mol. The zero-order valence-corrected chi connectivity index (χ0v) is 17.1. The first-order valence-electron chi connectivity index (χ1n) is 10.0. The number of aryl methyl sites for hydroxylation is 1. The van der Waals surface area contributed by atoms with E-state index in [2.05, 4.69) is 5.32 Å². The number of ether oxygens (including phenoxy) is 2. The summed E-state index contributed by atoms with van der Waals surface area (Å²) in [4.78, 5) is 39.2. The molecule has 0 spiro atoms. The molecule has 2 aromatic rings. The number of nitrogens with one attached hydrogen (secondary N) is 1. The lowest BCUT2D eigenvalue weighted by Crippen LogP contribution is -2.36. The predicted octanol–water partition coefficient (Wildman–Crippen LogP) is 2.71. The smallest absolute Gasteiger partial charge is 0.261 e. The molecule has 7 nitrogen and oxygen atoms in total. The van der Waals surface area contributed by atoms with Gasteiger partial charge in [0.15, 0.2) is 0 Å². The molecule has 0 aliphatic carbocycles. The third-order valence-corrected chi connectivity index (χ3v) is 5.57. The minimum absolute atomic E-state index is 0.110. The average Bonchev–Trinajstić information content (AvgIpc) is 3.35. The van der Waals surface area contributed by atoms with Crippen molar-refractivity contribution in [2.75, 3.05) is 20.3 Å². The van der Waals surface area contributed by atoms with Crippen LogP contribution in [0.4, 0.5) is 0 Å². The fourth-order valence-electron chi connectivity index (χ4n) is 3.85. The van der Waals surface area contributed by atoms with E-state index >= 15 is 0 Å². The van der Waals surface area contributed by atoms with E-state index in [4.69, 9.17) is 9.47 Å². The topological polar surface area (TPSA) is 84.9 Å². The zero-order valence-electron chi connectivity index (χ0n) is 17.1. The number of nitrogens with zero attached hydrogens (tertiary/aromatic N) is 1. The Morgan fingerprint density at radius 3 is 2.70 bits per heavy atom. The van der Waals surface area contributed by atoms with Gasteiger partial charge in [0.25, 0.3) is 17.7 Å². The SMILES string of the molecule is COc1cc(CNC(=O)c2ccc3c(c2)C(=O)N(CC2CCCO2)C3=O)ccc1C. The van der Waals surface area contributed by atoms with Crippen LogP contribution in [0.15, 0.2) is 36.4 Å². The van der Waals surface area contributed by atoms with Crippen LogP contribution in [0.25, 0.3) is 0 Å². The Morgan fingerprint density at radius 2 is 1.97 bits per heavy atom. The van der Waals surface area contributed by atoms with Gasteiger partial charge in [-0.1, -0.05) is 12.1 Å². The number of fused-ring (bicyclic) bond motifs is 1.